The molecule has 0 bridgehead atoms. The second-order valence-electron chi connectivity index (χ2n) is 5.13. The molecular weight excluding hydrogens is 272 g/mol. The maximum atomic E-state index is 11.8. The van der Waals surface area contributed by atoms with E-state index in [1.165, 1.54) is 0 Å². The van der Waals surface area contributed by atoms with Crippen LogP contribution in [0.5, 0.6) is 0 Å². The molecule has 0 radical (unpaired) electrons. The Morgan fingerprint density at radius 3 is 2.24 bits per heavy atom. The largest absolute Gasteiger partial charge is 0.480 e. The first-order valence-electron chi connectivity index (χ1n) is 6.88. The summed E-state index contributed by atoms with van der Waals surface area (Å²) in [5.41, 5.74) is 0.148. The molecule has 21 heavy (non-hydrogen) atoms. The highest BCUT2D eigenvalue weighted by Crippen LogP contribution is 2.46. The number of benzene rings is 1. The highest BCUT2D eigenvalue weighted by atomic mass is 16.4. The Morgan fingerprint density at radius 1 is 1.14 bits per heavy atom. The van der Waals surface area contributed by atoms with Gasteiger partial charge in [0.05, 0.1) is 0 Å². The third-order valence-corrected chi connectivity index (χ3v) is 3.60. The SMILES string of the molecule is CCNC(=O)c1ccc(CNC(=O)C2(C(=O)O)CC2)cc1. The van der Waals surface area contributed by atoms with Crippen LogP contribution in [-0.4, -0.2) is 29.4 Å². The Labute approximate surface area is 122 Å². The summed E-state index contributed by atoms with van der Waals surface area (Å²) in [4.78, 5) is 34.4. The minimum atomic E-state index is -1.22. The zero-order valence-corrected chi connectivity index (χ0v) is 11.8. The van der Waals surface area contributed by atoms with Crippen LogP contribution in [0.2, 0.25) is 0 Å². The number of carboxylic acids is 1. The number of hydrogen-bond acceptors (Lipinski definition) is 3. The maximum absolute atomic E-state index is 11.8. The summed E-state index contributed by atoms with van der Waals surface area (Å²) in [5.74, 6) is -1.65. The van der Waals surface area contributed by atoms with Gasteiger partial charge in [-0.25, -0.2) is 0 Å². The topological polar surface area (TPSA) is 95.5 Å². The Morgan fingerprint density at radius 2 is 1.76 bits per heavy atom. The molecule has 3 N–H and O–H groups in total. The van der Waals surface area contributed by atoms with Crippen LogP contribution in [0.3, 0.4) is 0 Å². The van der Waals surface area contributed by atoms with E-state index in [0.29, 0.717) is 24.9 Å². The van der Waals surface area contributed by atoms with E-state index >= 15 is 0 Å². The van der Waals surface area contributed by atoms with Crippen LogP contribution in [0, 0.1) is 5.41 Å². The van der Waals surface area contributed by atoms with E-state index in [2.05, 4.69) is 10.6 Å². The minimum absolute atomic E-state index is 0.143. The van der Waals surface area contributed by atoms with Gasteiger partial charge in [-0.1, -0.05) is 12.1 Å². The molecule has 1 aromatic rings. The number of hydrogen-bond donors (Lipinski definition) is 3. The lowest BCUT2D eigenvalue weighted by Crippen LogP contribution is -2.36. The fourth-order valence-electron chi connectivity index (χ4n) is 2.05. The lowest BCUT2D eigenvalue weighted by molar-refractivity contribution is -0.149. The molecule has 112 valence electrons. The van der Waals surface area contributed by atoms with Crippen molar-refractivity contribution < 1.29 is 19.5 Å². The summed E-state index contributed by atoms with van der Waals surface area (Å²) in [6.45, 7) is 2.66. The number of carboxylic acid groups (broad SMARTS) is 1. The lowest BCUT2D eigenvalue weighted by atomic mass is 10.1. The standard InChI is InChI=1S/C15H18N2O4/c1-2-16-12(18)11-5-3-10(4-6-11)9-17-13(19)15(7-8-15)14(20)21/h3-6H,2,7-9H2,1H3,(H,16,18)(H,17,19)(H,20,21). The predicted octanol–water partition coefficient (Wildman–Crippen LogP) is 0.917. The molecule has 6 heteroatoms. The number of carbonyl (C=O) groups excluding carboxylic acids is 2. The van der Waals surface area contributed by atoms with Crippen LogP contribution >= 0.6 is 0 Å². The molecule has 1 saturated carbocycles. The van der Waals surface area contributed by atoms with E-state index in [4.69, 9.17) is 5.11 Å². The van der Waals surface area contributed by atoms with Gasteiger partial charge in [0.1, 0.15) is 5.41 Å². The molecule has 1 aliphatic rings. The molecule has 6 nitrogen and oxygen atoms in total. The predicted molar refractivity (Wildman–Crippen MR) is 75.6 cm³/mol. The van der Waals surface area contributed by atoms with Gasteiger partial charge in [-0.2, -0.15) is 0 Å². The van der Waals surface area contributed by atoms with E-state index in [9.17, 15) is 14.4 Å². The van der Waals surface area contributed by atoms with Gasteiger partial charge in [0.25, 0.3) is 5.91 Å². The van der Waals surface area contributed by atoms with Crippen LogP contribution in [0.15, 0.2) is 24.3 Å². The van der Waals surface area contributed by atoms with Crippen LogP contribution in [-0.2, 0) is 16.1 Å². The van der Waals surface area contributed by atoms with Gasteiger partial charge in [0, 0.05) is 18.7 Å². The smallest absolute Gasteiger partial charge is 0.319 e. The van der Waals surface area contributed by atoms with E-state index in [1.54, 1.807) is 24.3 Å². The van der Waals surface area contributed by atoms with Gasteiger partial charge in [0.2, 0.25) is 5.91 Å². The summed E-state index contributed by atoms with van der Waals surface area (Å²) in [6, 6.07) is 6.84. The van der Waals surface area contributed by atoms with Gasteiger partial charge in [-0.15, -0.1) is 0 Å². The Bertz CT molecular complexity index is 562. The van der Waals surface area contributed by atoms with E-state index < -0.39 is 17.3 Å². The molecule has 2 rings (SSSR count). The molecule has 1 aromatic carbocycles. The van der Waals surface area contributed by atoms with Gasteiger partial charge in [0.15, 0.2) is 0 Å². The summed E-state index contributed by atoms with van der Waals surface area (Å²) >= 11 is 0. The number of amides is 2. The lowest BCUT2D eigenvalue weighted by Gasteiger charge is -2.11. The van der Waals surface area contributed by atoms with Gasteiger partial charge in [-0.05, 0) is 37.5 Å². The van der Waals surface area contributed by atoms with Gasteiger partial charge >= 0.3 is 5.97 Å². The van der Waals surface area contributed by atoms with Crippen molar-refractivity contribution in [2.24, 2.45) is 5.41 Å². The van der Waals surface area contributed by atoms with Crippen molar-refractivity contribution in [2.45, 2.75) is 26.3 Å². The monoisotopic (exact) mass is 290 g/mol. The quantitative estimate of drug-likeness (QED) is 0.679. The van der Waals surface area contributed by atoms with E-state index in [1.807, 2.05) is 6.92 Å². The molecule has 0 atom stereocenters. The van der Waals surface area contributed by atoms with Crippen molar-refractivity contribution in [3.63, 3.8) is 0 Å². The molecule has 0 unspecified atom stereocenters. The molecule has 0 saturated heterocycles. The van der Waals surface area contributed by atoms with E-state index in [0.717, 1.165) is 5.56 Å². The number of rotatable bonds is 6. The van der Waals surface area contributed by atoms with Crippen molar-refractivity contribution in [1.29, 1.82) is 0 Å². The number of nitrogens with one attached hydrogen (secondary N) is 2. The first-order valence-corrected chi connectivity index (χ1v) is 6.88. The first kappa shape index (κ1) is 15.0. The molecular formula is C15H18N2O4. The number of aliphatic carboxylic acids is 1. The summed E-state index contributed by atoms with van der Waals surface area (Å²) in [6.07, 6.45) is 0.786. The fraction of sp³-hybridized carbons (Fsp3) is 0.400. The molecule has 2 amide bonds. The van der Waals surface area contributed by atoms with Crippen molar-refractivity contribution in [3.05, 3.63) is 35.4 Å². The maximum Gasteiger partial charge on any atom is 0.319 e. The molecule has 0 heterocycles. The highest BCUT2D eigenvalue weighted by Gasteiger charge is 2.56. The molecule has 1 aliphatic carbocycles. The molecule has 0 spiro atoms. The third kappa shape index (κ3) is 3.21. The summed E-state index contributed by atoms with van der Waals surface area (Å²) < 4.78 is 0. The van der Waals surface area contributed by atoms with Gasteiger partial charge < -0.3 is 15.7 Å². The van der Waals surface area contributed by atoms with Gasteiger partial charge in [-0.3, -0.25) is 14.4 Å². The van der Waals surface area contributed by atoms with Crippen LogP contribution in [0.1, 0.15) is 35.7 Å². The van der Waals surface area contributed by atoms with Crippen molar-refractivity contribution in [2.75, 3.05) is 6.54 Å². The first-order chi connectivity index (χ1) is 9.99. The Kier molecular flexibility index (Phi) is 4.26. The minimum Gasteiger partial charge on any atom is -0.480 e. The zero-order valence-electron chi connectivity index (χ0n) is 11.8. The van der Waals surface area contributed by atoms with Crippen molar-refractivity contribution >= 4 is 17.8 Å². The average molecular weight is 290 g/mol. The molecule has 0 aliphatic heterocycles. The highest BCUT2D eigenvalue weighted by molar-refractivity contribution is 6.04. The second-order valence-corrected chi connectivity index (χ2v) is 5.13. The fourth-order valence-corrected chi connectivity index (χ4v) is 2.05. The average Bonchev–Trinajstić information content (AvgIpc) is 3.27. The normalized spacial score (nSPS) is 15.1. The van der Waals surface area contributed by atoms with Crippen LogP contribution in [0.25, 0.3) is 0 Å². The third-order valence-electron chi connectivity index (χ3n) is 3.60. The summed E-state index contributed by atoms with van der Waals surface area (Å²) in [5, 5.41) is 14.3. The molecule has 1 fully saturated rings. The Balaban J connectivity index is 1.91. The van der Waals surface area contributed by atoms with Crippen molar-refractivity contribution in [1.82, 2.24) is 10.6 Å². The zero-order chi connectivity index (χ0) is 15.5. The van der Waals surface area contributed by atoms with Crippen LogP contribution < -0.4 is 10.6 Å². The van der Waals surface area contributed by atoms with Crippen molar-refractivity contribution in [3.8, 4) is 0 Å². The summed E-state index contributed by atoms with van der Waals surface area (Å²) in [7, 11) is 0. The Hall–Kier alpha value is -2.37. The number of carbonyl (C=O) groups is 3. The van der Waals surface area contributed by atoms with E-state index in [-0.39, 0.29) is 12.5 Å². The van der Waals surface area contributed by atoms with Crippen LogP contribution in [0.4, 0.5) is 0 Å². The second kappa shape index (κ2) is 5.95. The molecule has 0 aromatic heterocycles.